The average Bonchev–Trinajstić information content (AvgIpc) is 2.90. The van der Waals surface area contributed by atoms with E-state index < -0.39 is 11.4 Å². The van der Waals surface area contributed by atoms with E-state index in [0.29, 0.717) is 36.9 Å². The lowest BCUT2D eigenvalue weighted by molar-refractivity contribution is -0.146. The summed E-state index contributed by atoms with van der Waals surface area (Å²) in [6.45, 7) is 6.99. The molecule has 2 rings (SSSR count). The number of nitrogens with one attached hydrogen (secondary N) is 1. The highest BCUT2D eigenvalue weighted by Crippen LogP contribution is 2.31. The van der Waals surface area contributed by atoms with Crippen LogP contribution < -0.4 is 10.1 Å². The molecule has 0 aromatic heterocycles. The number of para-hydroxylation sites is 2. The number of carbonyl (C=O) groups is 2. The molecule has 126 valence electrons. The van der Waals surface area contributed by atoms with Crippen LogP contribution in [0, 0.1) is 11.3 Å². The zero-order valence-electron chi connectivity index (χ0n) is 13.8. The van der Waals surface area contributed by atoms with Crippen molar-refractivity contribution in [1.29, 1.82) is 0 Å². The molecule has 2 amide bonds. The van der Waals surface area contributed by atoms with Crippen LogP contribution in [-0.2, 0) is 4.79 Å². The fraction of sp³-hybridized carbons (Fsp3) is 0.529. The van der Waals surface area contributed by atoms with E-state index in [2.05, 4.69) is 19.2 Å². The molecular formula is C17H24N2O4. The maximum absolute atomic E-state index is 12.4. The molecule has 1 heterocycles. The molecule has 0 spiro atoms. The van der Waals surface area contributed by atoms with E-state index in [1.807, 2.05) is 18.2 Å². The first kappa shape index (κ1) is 17.1. The van der Waals surface area contributed by atoms with Crippen molar-refractivity contribution < 1.29 is 19.4 Å². The van der Waals surface area contributed by atoms with E-state index in [4.69, 9.17) is 4.74 Å². The molecule has 1 aromatic carbocycles. The number of urea groups is 1. The standard InChI is InChI=1S/C17H24N2O4/c1-12(2)10-23-14-7-5-4-6-13(14)18-16(22)19-9-8-17(3,11-19)15(20)21/h4-7,12H,8-11H2,1-3H3,(H,18,22)(H,20,21). The zero-order chi connectivity index (χ0) is 17.0. The van der Waals surface area contributed by atoms with Gasteiger partial charge < -0.3 is 20.1 Å². The Morgan fingerprint density at radius 1 is 1.39 bits per heavy atom. The average molecular weight is 320 g/mol. The van der Waals surface area contributed by atoms with E-state index in [9.17, 15) is 14.7 Å². The molecular weight excluding hydrogens is 296 g/mol. The molecule has 1 aromatic rings. The third-order valence-corrected chi connectivity index (χ3v) is 3.98. The second-order valence-electron chi connectivity index (χ2n) is 6.67. The fourth-order valence-corrected chi connectivity index (χ4v) is 2.46. The number of carboxylic acid groups (broad SMARTS) is 1. The second-order valence-corrected chi connectivity index (χ2v) is 6.67. The number of carbonyl (C=O) groups excluding carboxylic acids is 1. The Morgan fingerprint density at radius 3 is 2.70 bits per heavy atom. The number of anilines is 1. The van der Waals surface area contributed by atoms with Gasteiger partial charge in [-0.15, -0.1) is 0 Å². The van der Waals surface area contributed by atoms with Gasteiger partial charge in [-0.05, 0) is 31.4 Å². The molecule has 2 N–H and O–H groups in total. The SMILES string of the molecule is CC(C)COc1ccccc1NC(=O)N1CCC(C)(C(=O)O)C1. The molecule has 6 nitrogen and oxygen atoms in total. The number of hydrogen-bond donors (Lipinski definition) is 2. The Bertz CT molecular complexity index is 588. The largest absolute Gasteiger partial charge is 0.491 e. The fourth-order valence-electron chi connectivity index (χ4n) is 2.46. The molecule has 0 saturated carbocycles. The van der Waals surface area contributed by atoms with Gasteiger partial charge in [-0.2, -0.15) is 0 Å². The summed E-state index contributed by atoms with van der Waals surface area (Å²) in [6.07, 6.45) is 0.460. The Hall–Kier alpha value is -2.24. The topological polar surface area (TPSA) is 78.9 Å². The Morgan fingerprint density at radius 2 is 2.09 bits per heavy atom. The number of benzene rings is 1. The zero-order valence-corrected chi connectivity index (χ0v) is 13.8. The minimum Gasteiger partial charge on any atom is -0.491 e. The van der Waals surface area contributed by atoms with Crippen molar-refractivity contribution >= 4 is 17.7 Å². The van der Waals surface area contributed by atoms with Gasteiger partial charge in [-0.25, -0.2) is 4.79 Å². The highest BCUT2D eigenvalue weighted by atomic mass is 16.5. The number of nitrogens with zero attached hydrogens (tertiary/aromatic N) is 1. The minimum absolute atomic E-state index is 0.211. The summed E-state index contributed by atoms with van der Waals surface area (Å²) in [4.78, 5) is 25.2. The Labute approximate surface area is 136 Å². The summed E-state index contributed by atoms with van der Waals surface area (Å²) >= 11 is 0. The van der Waals surface area contributed by atoms with E-state index >= 15 is 0 Å². The van der Waals surface area contributed by atoms with Gasteiger partial charge in [-0.3, -0.25) is 4.79 Å². The molecule has 0 bridgehead atoms. The van der Waals surface area contributed by atoms with Gasteiger partial charge in [0.2, 0.25) is 0 Å². The minimum atomic E-state index is -0.870. The highest BCUT2D eigenvalue weighted by Gasteiger charge is 2.42. The van der Waals surface area contributed by atoms with Gasteiger partial charge in [0.05, 0.1) is 17.7 Å². The van der Waals surface area contributed by atoms with E-state index in [0.717, 1.165) is 0 Å². The van der Waals surface area contributed by atoms with Gasteiger partial charge in [-0.1, -0.05) is 26.0 Å². The van der Waals surface area contributed by atoms with Crippen molar-refractivity contribution in [2.75, 3.05) is 25.0 Å². The van der Waals surface area contributed by atoms with Crippen molar-refractivity contribution in [3.8, 4) is 5.75 Å². The summed E-state index contributed by atoms with van der Waals surface area (Å²) in [6, 6.07) is 6.96. The molecule has 23 heavy (non-hydrogen) atoms. The lowest BCUT2D eigenvalue weighted by Gasteiger charge is -2.21. The normalized spacial score (nSPS) is 20.6. The summed E-state index contributed by atoms with van der Waals surface area (Å²) in [5.41, 5.74) is -0.271. The van der Waals surface area contributed by atoms with Crippen molar-refractivity contribution in [2.45, 2.75) is 27.2 Å². The molecule has 1 aliphatic heterocycles. The maximum Gasteiger partial charge on any atom is 0.321 e. The van der Waals surface area contributed by atoms with Crippen LogP contribution in [0.2, 0.25) is 0 Å². The predicted molar refractivity (Wildman–Crippen MR) is 87.7 cm³/mol. The quantitative estimate of drug-likeness (QED) is 0.874. The molecule has 1 saturated heterocycles. The van der Waals surface area contributed by atoms with Gasteiger partial charge >= 0.3 is 12.0 Å². The van der Waals surface area contributed by atoms with Crippen LogP contribution in [0.4, 0.5) is 10.5 Å². The van der Waals surface area contributed by atoms with Gasteiger partial charge in [0.1, 0.15) is 5.75 Å². The van der Waals surface area contributed by atoms with Crippen molar-refractivity contribution in [1.82, 2.24) is 4.90 Å². The van der Waals surface area contributed by atoms with Crippen LogP contribution >= 0.6 is 0 Å². The number of carboxylic acids is 1. The molecule has 1 unspecified atom stereocenters. The predicted octanol–water partition coefficient (Wildman–Crippen LogP) is 3.05. The molecule has 0 aliphatic carbocycles. The molecule has 1 aliphatic rings. The number of ether oxygens (including phenoxy) is 1. The summed E-state index contributed by atoms with van der Waals surface area (Å²) in [5, 5.41) is 12.1. The monoisotopic (exact) mass is 320 g/mol. The molecule has 0 radical (unpaired) electrons. The van der Waals surface area contributed by atoms with Gasteiger partial charge in [0.25, 0.3) is 0 Å². The van der Waals surface area contributed by atoms with Crippen molar-refractivity contribution in [3.05, 3.63) is 24.3 Å². The first-order chi connectivity index (χ1) is 10.8. The molecule has 1 atom stereocenters. The Balaban J connectivity index is 2.02. The van der Waals surface area contributed by atoms with Crippen LogP contribution in [0.15, 0.2) is 24.3 Å². The van der Waals surface area contributed by atoms with Crippen LogP contribution in [0.5, 0.6) is 5.75 Å². The van der Waals surface area contributed by atoms with E-state index in [1.165, 1.54) is 4.90 Å². The maximum atomic E-state index is 12.4. The van der Waals surface area contributed by atoms with Crippen LogP contribution in [0.1, 0.15) is 27.2 Å². The summed E-state index contributed by atoms with van der Waals surface area (Å²) < 4.78 is 5.71. The van der Waals surface area contributed by atoms with Gasteiger partial charge in [0, 0.05) is 13.1 Å². The Kier molecular flexibility index (Phi) is 5.13. The number of rotatable bonds is 5. The first-order valence-corrected chi connectivity index (χ1v) is 7.83. The van der Waals surface area contributed by atoms with Crippen LogP contribution in [0.3, 0.4) is 0 Å². The smallest absolute Gasteiger partial charge is 0.321 e. The third-order valence-electron chi connectivity index (χ3n) is 3.98. The van der Waals surface area contributed by atoms with E-state index in [-0.39, 0.29) is 12.6 Å². The summed E-state index contributed by atoms with van der Waals surface area (Å²) in [5.74, 6) is 0.136. The van der Waals surface area contributed by atoms with Crippen LogP contribution in [-0.4, -0.2) is 41.7 Å². The third kappa shape index (κ3) is 4.15. The lowest BCUT2D eigenvalue weighted by atomic mass is 9.90. The highest BCUT2D eigenvalue weighted by molar-refractivity contribution is 5.91. The number of likely N-dealkylation sites (tertiary alicyclic amines) is 1. The van der Waals surface area contributed by atoms with Gasteiger partial charge in [0.15, 0.2) is 0 Å². The van der Waals surface area contributed by atoms with Crippen molar-refractivity contribution in [3.63, 3.8) is 0 Å². The summed E-state index contributed by atoms with van der Waals surface area (Å²) in [7, 11) is 0. The first-order valence-electron chi connectivity index (χ1n) is 7.83. The van der Waals surface area contributed by atoms with Crippen LogP contribution in [0.25, 0.3) is 0 Å². The number of hydrogen-bond acceptors (Lipinski definition) is 3. The van der Waals surface area contributed by atoms with Crippen molar-refractivity contribution in [2.24, 2.45) is 11.3 Å². The second kappa shape index (κ2) is 6.89. The number of aliphatic carboxylic acids is 1. The van der Waals surface area contributed by atoms with E-state index in [1.54, 1.807) is 13.0 Å². The molecule has 1 fully saturated rings. The molecule has 6 heteroatoms. The lowest BCUT2D eigenvalue weighted by Crippen LogP contribution is -2.37. The number of amides is 2.